The molecule has 4 rings (SSSR count). The Morgan fingerprint density at radius 3 is 2.09 bits per heavy atom. The molecule has 8 heteroatoms. The molecule has 4 aliphatic carbocycles. The fraction of sp³-hybridized carbons (Fsp3) is 0.829. The van der Waals surface area contributed by atoms with Crippen LogP contribution in [0.4, 0.5) is 0 Å². The van der Waals surface area contributed by atoms with Crippen molar-refractivity contribution in [2.75, 3.05) is 0 Å². The third-order valence-corrected chi connectivity index (χ3v) is 13.5. The van der Waals surface area contributed by atoms with Crippen LogP contribution in [0.2, 0.25) is 0 Å². The Morgan fingerprint density at radius 2 is 1.56 bits per heavy atom. The van der Waals surface area contributed by atoms with Crippen molar-refractivity contribution < 1.29 is 34.5 Å². The monoisotopic (exact) mass is 601 g/mol. The maximum absolute atomic E-state index is 14.2. The maximum Gasteiger partial charge on any atom is 0.326 e. The number of allylic oxidation sites excluding steroid dienone is 2. The molecule has 0 aromatic carbocycles. The fourth-order valence-corrected chi connectivity index (χ4v) is 10.7. The first kappa shape index (κ1) is 33.5. The van der Waals surface area contributed by atoms with E-state index in [2.05, 4.69) is 39.1 Å². The zero-order chi connectivity index (χ0) is 32.6. The van der Waals surface area contributed by atoms with Crippen molar-refractivity contribution in [1.82, 2.24) is 5.32 Å². The fourth-order valence-electron chi connectivity index (χ4n) is 10.7. The highest BCUT2D eigenvalue weighted by molar-refractivity contribution is 5.88. The van der Waals surface area contributed by atoms with Gasteiger partial charge < -0.3 is 20.6 Å². The molecule has 8 nitrogen and oxygen atoms in total. The molecule has 0 aromatic rings. The molecule has 0 saturated heterocycles. The van der Waals surface area contributed by atoms with E-state index in [0.717, 1.165) is 25.7 Å². The Balaban J connectivity index is 1.83. The molecule has 1 amide bonds. The average molecular weight is 602 g/mol. The first-order chi connectivity index (χ1) is 19.6. The van der Waals surface area contributed by atoms with E-state index in [0.29, 0.717) is 25.7 Å². The molecule has 0 spiro atoms. The number of rotatable bonds is 8. The molecular weight excluding hydrogens is 546 g/mol. The van der Waals surface area contributed by atoms with E-state index in [4.69, 9.17) is 0 Å². The van der Waals surface area contributed by atoms with Crippen LogP contribution in [0.1, 0.15) is 120 Å². The minimum absolute atomic E-state index is 0.0243. The number of carbonyl (C=O) groups is 4. The number of aliphatic carboxylic acids is 3. The van der Waals surface area contributed by atoms with Gasteiger partial charge in [-0.2, -0.15) is 0 Å². The molecule has 4 unspecified atom stereocenters. The van der Waals surface area contributed by atoms with Crippen molar-refractivity contribution in [3.05, 3.63) is 11.6 Å². The Kier molecular flexibility index (Phi) is 8.27. The van der Waals surface area contributed by atoms with Gasteiger partial charge in [-0.15, -0.1) is 0 Å². The van der Waals surface area contributed by atoms with Crippen LogP contribution in [0.25, 0.3) is 0 Å². The van der Waals surface area contributed by atoms with E-state index >= 15 is 0 Å². The van der Waals surface area contributed by atoms with Gasteiger partial charge in [0.25, 0.3) is 0 Å². The second-order valence-electron chi connectivity index (χ2n) is 17.0. The summed E-state index contributed by atoms with van der Waals surface area (Å²) in [6.45, 7) is 18.3. The molecule has 0 aromatic heterocycles. The summed E-state index contributed by atoms with van der Waals surface area (Å²) in [5.41, 5.74) is -1.74. The smallest absolute Gasteiger partial charge is 0.326 e. The quantitative estimate of drug-likeness (QED) is 0.225. The van der Waals surface area contributed by atoms with Crippen LogP contribution < -0.4 is 5.32 Å². The van der Waals surface area contributed by atoms with Crippen LogP contribution in [0.15, 0.2) is 11.6 Å². The van der Waals surface area contributed by atoms with Gasteiger partial charge >= 0.3 is 17.9 Å². The van der Waals surface area contributed by atoms with E-state index in [1.165, 1.54) is 5.57 Å². The summed E-state index contributed by atoms with van der Waals surface area (Å²) in [5.74, 6) is -3.55. The van der Waals surface area contributed by atoms with Gasteiger partial charge in [-0.05, 0) is 111 Å². The lowest BCUT2D eigenvalue weighted by Gasteiger charge is -2.69. The first-order valence-electron chi connectivity index (χ1n) is 16.3. The Hall–Kier alpha value is -2.38. The predicted molar refractivity (Wildman–Crippen MR) is 164 cm³/mol. The normalized spacial score (nSPS) is 39.4. The van der Waals surface area contributed by atoms with Crippen molar-refractivity contribution in [2.24, 2.45) is 56.2 Å². The van der Waals surface area contributed by atoms with Crippen molar-refractivity contribution in [2.45, 2.75) is 126 Å². The van der Waals surface area contributed by atoms with Crippen molar-refractivity contribution in [1.29, 1.82) is 0 Å². The van der Waals surface area contributed by atoms with Gasteiger partial charge in [0.05, 0.1) is 17.3 Å². The lowest BCUT2D eigenvalue weighted by Crippen LogP contribution is -2.65. The Labute approximate surface area is 257 Å². The van der Waals surface area contributed by atoms with E-state index in [-0.39, 0.29) is 52.2 Å². The van der Waals surface area contributed by atoms with E-state index < -0.39 is 40.2 Å². The number of fused-ring (bicyclic) bond motifs is 5. The summed E-state index contributed by atoms with van der Waals surface area (Å²) in [7, 11) is 0. The van der Waals surface area contributed by atoms with Crippen molar-refractivity contribution in [3.63, 3.8) is 0 Å². The van der Waals surface area contributed by atoms with Crippen molar-refractivity contribution >= 4 is 23.8 Å². The SMILES string of the molecule is CC(C)C(NC(=O)[C@]12CCC(C)(C)CC1C1=CCC3[C@@](C)(CC(=O)O)C(C(C)(C)C(=O)O)CC[C@@]3(C)[C@]1(C)CC2)C(=O)O. The molecule has 4 N–H and O–H groups in total. The topological polar surface area (TPSA) is 141 Å². The lowest BCUT2D eigenvalue weighted by molar-refractivity contribution is -0.188. The molecule has 0 aliphatic heterocycles. The zero-order valence-corrected chi connectivity index (χ0v) is 27.8. The van der Waals surface area contributed by atoms with Gasteiger partial charge in [-0.3, -0.25) is 14.4 Å². The first-order valence-corrected chi connectivity index (χ1v) is 16.3. The summed E-state index contributed by atoms with van der Waals surface area (Å²) < 4.78 is 0. The number of amides is 1. The van der Waals surface area contributed by atoms with Crippen LogP contribution >= 0.6 is 0 Å². The predicted octanol–water partition coefficient (Wildman–Crippen LogP) is 6.78. The van der Waals surface area contributed by atoms with Crippen molar-refractivity contribution in [3.8, 4) is 0 Å². The van der Waals surface area contributed by atoms with Crippen LogP contribution in [-0.2, 0) is 19.2 Å². The number of carboxylic acid groups (broad SMARTS) is 3. The second-order valence-corrected chi connectivity index (χ2v) is 17.0. The highest BCUT2D eigenvalue weighted by Gasteiger charge is 2.69. The molecular formula is C35H55NO7. The molecule has 3 fully saturated rings. The molecule has 8 atom stereocenters. The third-order valence-electron chi connectivity index (χ3n) is 13.5. The third kappa shape index (κ3) is 5.03. The van der Waals surface area contributed by atoms with Crippen LogP contribution in [-0.4, -0.2) is 45.2 Å². The largest absolute Gasteiger partial charge is 0.481 e. The summed E-state index contributed by atoms with van der Waals surface area (Å²) in [5, 5.41) is 33.2. The zero-order valence-electron chi connectivity index (χ0n) is 27.8. The molecule has 4 aliphatic rings. The van der Waals surface area contributed by atoms with Crippen LogP contribution in [0.3, 0.4) is 0 Å². The lowest BCUT2D eigenvalue weighted by atomic mass is 9.34. The number of hydrogen-bond acceptors (Lipinski definition) is 4. The average Bonchev–Trinajstić information content (AvgIpc) is 2.86. The summed E-state index contributed by atoms with van der Waals surface area (Å²) >= 11 is 0. The van der Waals surface area contributed by atoms with Gasteiger partial charge in [0.2, 0.25) is 5.91 Å². The summed E-state index contributed by atoms with van der Waals surface area (Å²) in [6, 6.07) is -0.947. The number of carbonyl (C=O) groups excluding carboxylic acids is 1. The van der Waals surface area contributed by atoms with Gasteiger partial charge in [-0.25, -0.2) is 4.79 Å². The molecule has 3 saturated carbocycles. The van der Waals surface area contributed by atoms with Crippen LogP contribution in [0, 0.1) is 56.2 Å². The van der Waals surface area contributed by atoms with Gasteiger partial charge in [0.15, 0.2) is 0 Å². The molecule has 0 radical (unpaired) electrons. The van der Waals surface area contributed by atoms with Gasteiger partial charge in [0.1, 0.15) is 6.04 Å². The minimum atomic E-state index is -1.07. The van der Waals surface area contributed by atoms with Gasteiger partial charge in [0, 0.05) is 0 Å². The van der Waals surface area contributed by atoms with E-state index in [9.17, 15) is 34.5 Å². The second kappa shape index (κ2) is 10.6. The van der Waals surface area contributed by atoms with E-state index in [1.807, 2.05) is 20.8 Å². The van der Waals surface area contributed by atoms with Crippen LogP contribution in [0.5, 0.6) is 0 Å². The Morgan fingerprint density at radius 1 is 0.953 bits per heavy atom. The molecule has 242 valence electrons. The highest BCUT2D eigenvalue weighted by atomic mass is 16.4. The summed E-state index contributed by atoms with van der Waals surface area (Å²) in [4.78, 5) is 51.2. The number of nitrogens with one attached hydrogen (secondary N) is 1. The number of hydrogen-bond donors (Lipinski definition) is 4. The number of carboxylic acids is 3. The highest BCUT2D eigenvalue weighted by Crippen LogP contribution is 2.74. The molecule has 0 heterocycles. The minimum Gasteiger partial charge on any atom is -0.481 e. The summed E-state index contributed by atoms with van der Waals surface area (Å²) in [6.07, 6.45) is 8.14. The standard InChI is InChI=1S/C35H55NO7/c1-20(2)26(27(39)40)36-28(41)35-16-14-30(3,4)18-22(35)21-10-11-24-32(7,19-25(37)38)23(31(5,6)29(42)43)12-13-34(24,9)33(21,8)15-17-35/h10,20,22-24,26H,11-19H2,1-9H3,(H,36,41)(H,37,38)(H,39,40)(H,42,43)/t22?,23?,24?,26?,32-,33+,34+,35-/m0/s1. The maximum atomic E-state index is 14.2. The van der Waals surface area contributed by atoms with Gasteiger partial charge in [-0.1, -0.05) is 60.1 Å². The Bertz CT molecular complexity index is 1220. The van der Waals surface area contributed by atoms with E-state index in [1.54, 1.807) is 13.8 Å². The molecule has 43 heavy (non-hydrogen) atoms. The molecule has 0 bridgehead atoms.